The summed E-state index contributed by atoms with van der Waals surface area (Å²) >= 11 is 5.79. The molecule has 1 N–H and O–H groups in total. The SMILES string of the molecule is COc1cccc(N2C(=S)N[C@H](c3ccccn3)[C@@H]2c2cccn2-c2cccc(F)c2)c1. The van der Waals surface area contributed by atoms with Crippen molar-refractivity contribution in [3.05, 3.63) is 108 Å². The normalized spacial score (nSPS) is 17.9. The van der Waals surface area contributed by atoms with E-state index in [4.69, 9.17) is 17.0 Å². The van der Waals surface area contributed by atoms with Crippen LogP contribution in [0.4, 0.5) is 10.1 Å². The number of rotatable bonds is 5. The lowest BCUT2D eigenvalue weighted by molar-refractivity contribution is 0.414. The van der Waals surface area contributed by atoms with Gasteiger partial charge in [-0.05, 0) is 66.8 Å². The second-order valence-electron chi connectivity index (χ2n) is 7.48. The summed E-state index contributed by atoms with van der Waals surface area (Å²) in [7, 11) is 1.64. The first-order chi connectivity index (χ1) is 15.7. The average Bonchev–Trinajstić information content (AvgIpc) is 3.44. The number of hydrogen-bond acceptors (Lipinski definition) is 3. The van der Waals surface area contributed by atoms with Crippen molar-refractivity contribution in [1.29, 1.82) is 0 Å². The van der Waals surface area contributed by atoms with E-state index in [1.54, 1.807) is 19.4 Å². The van der Waals surface area contributed by atoms with Gasteiger partial charge in [0.1, 0.15) is 17.6 Å². The molecule has 0 aliphatic carbocycles. The topological polar surface area (TPSA) is 42.3 Å². The van der Waals surface area contributed by atoms with Crippen LogP contribution in [0, 0.1) is 5.82 Å². The Morgan fingerprint density at radius 1 is 0.969 bits per heavy atom. The Hall–Kier alpha value is -3.71. The Morgan fingerprint density at radius 2 is 1.81 bits per heavy atom. The molecule has 0 unspecified atom stereocenters. The Morgan fingerprint density at radius 3 is 2.59 bits per heavy atom. The lowest BCUT2D eigenvalue weighted by atomic mass is 10.0. The largest absolute Gasteiger partial charge is 0.497 e. The molecule has 160 valence electrons. The number of ether oxygens (including phenoxy) is 1. The minimum Gasteiger partial charge on any atom is -0.497 e. The van der Waals surface area contributed by atoms with Crippen LogP contribution in [0.25, 0.3) is 5.69 Å². The maximum absolute atomic E-state index is 14.0. The van der Waals surface area contributed by atoms with Gasteiger partial charge in [-0.3, -0.25) is 4.98 Å². The predicted molar refractivity (Wildman–Crippen MR) is 127 cm³/mol. The van der Waals surface area contributed by atoms with E-state index in [1.165, 1.54) is 12.1 Å². The molecule has 0 radical (unpaired) electrons. The summed E-state index contributed by atoms with van der Waals surface area (Å²) in [5.74, 6) is 0.457. The van der Waals surface area contributed by atoms with Gasteiger partial charge < -0.3 is 19.5 Å². The molecule has 1 aliphatic heterocycles. The highest BCUT2D eigenvalue weighted by atomic mass is 32.1. The average molecular weight is 445 g/mol. The summed E-state index contributed by atoms with van der Waals surface area (Å²) in [6.07, 6.45) is 3.71. The van der Waals surface area contributed by atoms with E-state index < -0.39 is 0 Å². The maximum atomic E-state index is 14.0. The van der Waals surface area contributed by atoms with Crippen molar-refractivity contribution in [2.45, 2.75) is 12.1 Å². The number of hydrogen-bond donors (Lipinski definition) is 1. The van der Waals surface area contributed by atoms with Gasteiger partial charge in [0, 0.05) is 35.5 Å². The molecule has 32 heavy (non-hydrogen) atoms. The van der Waals surface area contributed by atoms with Gasteiger partial charge >= 0.3 is 0 Å². The molecule has 2 aromatic heterocycles. The van der Waals surface area contributed by atoms with Crippen LogP contribution in [-0.4, -0.2) is 21.8 Å². The van der Waals surface area contributed by atoms with Gasteiger partial charge in [-0.2, -0.15) is 0 Å². The highest BCUT2D eigenvalue weighted by Crippen LogP contribution is 2.42. The summed E-state index contributed by atoms with van der Waals surface area (Å²) in [5, 5.41) is 4.04. The van der Waals surface area contributed by atoms with E-state index in [-0.39, 0.29) is 17.9 Å². The lowest BCUT2D eigenvalue weighted by Gasteiger charge is -2.29. The first kappa shape index (κ1) is 20.2. The molecule has 1 aliphatic rings. The van der Waals surface area contributed by atoms with Gasteiger partial charge in [-0.1, -0.05) is 18.2 Å². The monoisotopic (exact) mass is 444 g/mol. The van der Waals surface area contributed by atoms with Gasteiger partial charge in [0.15, 0.2) is 5.11 Å². The summed E-state index contributed by atoms with van der Waals surface area (Å²) < 4.78 is 21.5. The van der Waals surface area contributed by atoms with Gasteiger partial charge in [0.05, 0.1) is 18.8 Å². The van der Waals surface area contributed by atoms with Crippen molar-refractivity contribution in [1.82, 2.24) is 14.9 Å². The van der Waals surface area contributed by atoms with Gasteiger partial charge in [0.25, 0.3) is 0 Å². The van der Waals surface area contributed by atoms with Crippen molar-refractivity contribution < 1.29 is 9.13 Å². The quantitative estimate of drug-likeness (QED) is 0.429. The number of nitrogens with one attached hydrogen (secondary N) is 1. The summed E-state index contributed by atoms with van der Waals surface area (Å²) in [6, 6.07) is 23.8. The second kappa shape index (κ2) is 8.43. The van der Waals surface area contributed by atoms with Crippen molar-refractivity contribution in [2.75, 3.05) is 12.0 Å². The third-order valence-corrected chi connectivity index (χ3v) is 5.91. The van der Waals surface area contributed by atoms with Crippen LogP contribution in [0.1, 0.15) is 23.5 Å². The molecule has 7 heteroatoms. The van der Waals surface area contributed by atoms with Crippen LogP contribution in [0.3, 0.4) is 0 Å². The van der Waals surface area contributed by atoms with Crippen LogP contribution in [-0.2, 0) is 0 Å². The smallest absolute Gasteiger partial charge is 0.174 e. The van der Waals surface area contributed by atoms with Crippen molar-refractivity contribution in [3.63, 3.8) is 0 Å². The number of aromatic nitrogens is 2. The fourth-order valence-corrected chi connectivity index (χ4v) is 4.54. The summed E-state index contributed by atoms with van der Waals surface area (Å²) in [6.45, 7) is 0. The number of nitrogens with zero attached hydrogens (tertiary/aromatic N) is 3. The van der Waals surface area contributed by atoms with Crippen LogP contribution < -0.4 is 15.0 Å². The van der Waals surface area contributed by atoms with Crippen molar-refractivity contribution >= 4 is 23.0 Å². The van der Waals surface area contributed by atoms with Crippen LogP contribution in [0.2, 0.25) is 0 Å². The molecule has 5 rings (SSSR count). The lowest BCUT2D eigenvalue weighted by Crippen LogP contribution is -2.30. The zero-order chi connectivity index (χ0) is 22.1. The first-order valence-electron chi connectivity index (χ1n) is 10.2. The van der Waals surface area contributed by atoms with Crippen LogP contribution in [0.15, 0.2) is 91.3 Å². The molecule has 1 fully saturated rings. The van der Waals surface area contributed by atoms with Crippen molar-refractivity contribution in [2.24, 2.45) is 0 Å². The molecule has 2 aromatic carbocycles. The fraction of sp³-hybridized carbons (Fsp3) is 0.120. The number of benzene rings is 2. The van der Waals surface area contributed by atoms with E-state index in [0.717, 1.165) is 28.5 Å². The molecular weight excluding hydrogens is 423 g/mol. The van der Waals surface area contributed by atoms with E-state index in [2.05, 4.69) is 15.2 Å². The Labute approximate surface area is 191 Å². The molecule has 5 nitrogen and oxygen atoms in total. The standard InChI is InChI=1S/C25H21FN4OS/c1-31-20-10-5-9-19(16-20)30-24(23(28-25(30)32)21-11-2-3-13-27-21)22-12-6-14-29(22)18-8-4-7-17(26)15-18/h2-16,23-24H,1H3,(H,28,32)/t23-,24+/m1/s1. The highest BCUT2D eigenvalue weighted by Gasteiger charge is 2.42. The maximum Gasteiger partial charge on any atom is 0.174 e. The molecule has 1 saturated heterocycles. The zero-order valence-corrected chi connectivity index (χ0v) is 18.2. The molecular formula is C25H21FN4OS. The molecule has 4 aromatic rings. The Bertz CT molecular complexity index is 1260. The molecule has 2 atom stereocenters. The molecule has 0 spiro atoms. The number of methoxy groups -OCH3 is 1. The number of anilines is 1. The zero-order valence-electron chi connectivity index (χ0n) is 17.4. The third-order valence-electron chi connectivity index (χ3n) is 5.60. The first-order valence-corrected chi connectivity index (χ1v) is 10.6. The molecule has 3 heterocycles. The minimum atomic E-state index is -0.284. The van der Waals surface area contributed by atoms with Gasteiger partial charge in [-0.15, -0.1) is 0 Å². The van der Waals surface area contributed by atoms with Crippen molar-refractivity contribution in [3.8, 4) is 11.4 Å². The fourth-order valence-electron chi connectivity index (χ4n) is 4.19. The Balaban J connectivity index is 1.67. The van der Waals surface area contributed by atoms with Gasteiger partial charge in [-0.25, -0.2) is 4.39 Å². The molecule has 0 amide bonds. The second-order valence-corrected chi connectivity index (χ2v) is 7.87. The number of thiocarbonyl (C=S) groups is 1. The predicted octanol–water partition coefficient (Wildman–Crippen LogP) is 5.20. The minimum absolute atomic E-state index is 0.197. The highest BCUT2D eigenvalue weighted by molar-refractivity contribution is 7.80. The molecule has 0 saturated carbocycles. The molecule has 0 bridgehead atoms. The van der Waals surface area contributed by atoms with Crippen LogP contribution in [0.5, 0.6) is 5.75 Å². The van der Waals surface area contributed by atoms with E-state index in [0.29, 0.717) is 5.11 Å². The van der Waals surface area contributed by atoms with Gasteiger partial charge in [0.2, 0.25) is 0 Å². The third kappa shape index (κ3) is 3.61. The Kier molecular flexibility index (Phi) is 5.33. The van der Waals surface area contributed by atoms with Crippen LogP contribution >= 0.6 is 12.2 Å². The number of halogens is 1. The summed E-state index contributed by atoms with van der Waals surface area (Å²) in [5.41, 5.74) is 3.48. The van der Waals surface area contributed by atoms with E-state index in [9.17, 15) is 4.39 Å². The summed E-state index contributed by atoms with van der Waals surface area (Å²) in [4.78, 5) is 6.66. The number of pyridine rings is 1. The van der Waals surface area contributed by atoms with E-state index in [1.807, 2.05) is 71.4 Å². The van der Waals surface area contributed by atoms with E-state index >= 15 is 0 Å².